The van der Waals surface area contributed by atoms with Gasteiger partial charge in [0.1, 0.15) is 11.8 Å². The maximum absolute atomic E-state index is 15.7. The van der Waals surface area contributed by atoms with Crippen LogP contribution in [-0.4, -0.2) is 84.6 Å². The number of ketones is 1. The van der Waals surface area contributed by atoms with Crippen molar-refractivity contribution in [1.82, 2.24) is 29.7 Å². The van der Waals surface area contributed by atoms with E-state index in [1.54, 1.807) is 48.1 Å². The third-order valence-electron chi connectivity index (χ3n) is 10.3. The number of amides is 6. The molecule has 7 rings (SSSR count). The average molecular weight is 830 g/mol. The molecule has 0 aliphatic carbocycles. The summed E-state index contributed by atoms with van der Waals surface area (Å²) in [6, 6.07) is 11.1. The van der Waals surface area contributed by atoms with Crippen LogP contribution in [0.15, 0.2) is 67.1 Å². The molecule has 5 aromatic rings. The Morgan fingerprint density at radius 1 is 1.03 bits per heavy atom. The molecule has 6 amide bonds. The van der Waals surface area contributed by atoms with Crippen LogP contribution in [0.25, 0.3) is 16.6 Å². The van der Waals surface area contributed by atoms with Crippen molar-refractivity contribution in [1.29, 1.82) is 0 Å². The number of hydrogen-bond acceptors (Lipinski definition) is 10. The average Bonchev–Trinajstić information content (AvgIpc) is 3.92. The van der Waals surface area contributed by atoms with Crippen molar-refractivity contribution in [3.05, 3.63) is 106 Å². The number of unbranched alkanes of at least 4 members (excludes halogenated alkanes) is 2. The van der Waals surface area contributed by atoms with E-state index in [2.05, 4.69) is 32.9 Å². The summed E-state index contributed by atoms with van der Waals surface area (Å²) in [5, 5.41) is 21.4. The standard InChI is InChI=1S/C44H40FN7O9/c1-25(54)35-21-32(41(57)48-33-19-26(24-53)18-31(40(33)45)28-22-47-50(2)23-28)36-20-29(14-16-51(35)36)61-17-5-3-4-11-37(55)46-15-7-9-27-8-6-10-30-39(27)44(60)52(43(30)59)34-12-13-38(56)49-42(34)58/h6,8,10,14,16,18-23,34,53H,3-5,11-13,15,17,24H2,1-2H3,(H,46,55)(H,48,57)(H,49,56,58). The van der Waals surface area contributed by atoms with Crippen LogP contribution in [0.1, 0.15) is 98.1 Å². The molecule has 0 radical (unpaired) electrons. The highest BCUT2D eigenvalue weighted by Crippen LogP contribution is 2.32. The molecule has 1 unspecified atom stereocenters. The third kappa shape index (κ3) is 8.80. The van der Waals surface area contributed by atoms with E-state index in [0.717, 1.165) is 4.90 Å². The fourth-order valence-corrected chi connectivity index (χ4v) is 7.29. The number of Topliss-reactive ketones (excluding diaryl/α,β-unsaturated/α-hetero) is 1. The largest absolute Gasteiger partial charge is 0.493 e. The van der Waals surface area contributed by atoms with E-state index in [1.807, 2.05) is 0 Å². The summed E-state index contributed by atoms with van der Waals surface area (Å²) in [7, 11) is 1.69. The Labute approximate surface area is 348 Å². The second-order valence-electron chi connectivity index (χ2n) is 14.5. The normalized spacial score (nSPS) is 14.7. The number of piperidine rings is 1. The van der Waals surface area contributed by atoms with Crippen molar-refractivity contribution in [2.75, 3.05) is 18.5 Å². The lowest BCUT2D eigenvalue weighted by molar-refractivity contribution is -0.136. The van der Waals surface area contributed by atoms with Gasteiger partial charge in [0.15, 0.2) is 11.6 Å². The first-order valence-corrected chi connectivity index (χ1v) is 19.5. The van der Waals surface area contributed by atoms with E-state index in [1.165, 1.54) is 42.1 Å². The lowest BCUT2D eigenvalue weighted by Gasteiger charge is -2.27. The zero-order valence-electron chi connectivity index (χ0n) is 33.2. The SMILES string of the molecule is CC(=O)c1cc(C(=O)Nc2cc(CO)cc(-c3cnn(C)c3)c2F)c2cc(OCCCCCC(=O)NCC#Cc3cccc4c3C(=O)N(C3CCC(=O)NC3=O)C4=O)ccn12. The number of nitrogens with one attached hydrogen (secondary N) is 3. The molecule has 2 aromatic carbocycles. The highest BCUT2D eigenvalue weighted by molar-refractivity contribution is 6.24. The molecule has 5 heterocycles. The van der Waals surface area contributed by atoms with E-state index < -0.39 is 48.0 Å². The number of aliphatic hydroxyl groups excluding tert-OH is 1. The second-order valence-corrected chi connectivity index (χ2v) is 14.5. The number of carbonyl (C=O) groups is 7. The van der Waals surface area contributed by atoms with Gasteiger partial charge in [0.25, 0.3) is 17.7 Å². The fourth-order valence-electron chi connectivity index (χ4n) is 7.29. The summed E-state index contributed by atoms with van der Waals surface area (Å²) in [4.78, 5) is 89.8. The molecule has 2 aliphatic rings. The predicted octanol–water partition coefficient (Wildman–Crippen LogP) is 3.93. The van der Waals surface area contributed by atoms with Gasteiger partial charge in [-0.2, -0.15) is 5.10 Å². The van der Waals surface area contributed by atoms with E-state index in [-0.39, 0.29) is 76.7 Å². The minimum absolute atomic E-state index is 0.00536. The van der Waals surface area contributed by atoms with Gasteiger partial charge in [0, 0.05) is 62.0 Å². The molecule has 1 saturated heterocycles. The first-order valence-electron chi connectivity index (χ1n) is 19.5. The first kappa shape index (κ1) is 41.7. The minimum Gasteiger partial charge on any atom is -0.493 e. The Morgan fingerprint density at radius 3 is 2.59 bits per heavy atom. The lowest BCUT2D eigenvalue weighted by atomic mass is 10.0. The second kappa shape index (κ2) is 17.8. The van der Waals surface area contributed by atoms with E-state index in [0.29, 0.717) is 48.3 Å². The van der Waals surface area contributed by atoms with Crippen LogP contribution in [0.3, 0.4) is 0 Å². The van der Waals surface area contributed by atoms with Crippen LogP contribution >= 0.6 is 0 Å². The molecule has 16 nitrogen and oxygen atoms in total. The Morgan fingerprint density at radius 2 is 1.85 bits per heavy atom. The topological polar surface area (TPSA) is 211 Å². The molecule has 2 aliphatic heterocycles. The van der Waals surface area contributed by atoms with Crippen LogP contribution in [-0.2, 0) is 28.0 Å². The molecular weight excluding hydrogens is 790 g/mol. The molecule has 0 saturated carbocycles. The summed E-state index contributed by atoms with van der Waals surface area (Å²) < 4.78 is 24.7. The number of rotatable bonds is 14. The maximum atomic E-state index is 15.7. The number of pyridine rings is 1. The Balaban J connectivity index is 0.904. The van der Waals surface area contributed by atoms with Crippen molar-refractivity contribution in [3.8, 4) is 28.7 Å². The monoisotopic (exact) mass is 829 g/mol. The molecule has 17 heteroatoms. The van der Waals surface area contributed by atoms with Gasteiger partial charge in [-0.25, -0.2) is 4.39 Å². The van der Waals surface area contributed by atoms with Gasteiger partial charge >= 0.3 is 0 Å². The molecule has 1 atom stereocenters. The highest BCUT2D eigenvalue weighted by Gasteiger charge is 2.45. The highest BCUT2D eigenvalue weighted by atomic mass is 19.1. The summed E-state index contributed by atoms with van der Waals surface area (Å²) in [5.41, 5.74) is 2.01. The summed E-state index contributed by atoms with van der Waals surface area (Å²) in [6.45, 7) is 1.27. The van der Waals surface area contributed by atoms with Crippen molar-refractivity contribution in [3.63, 3.8) is 0 Å². The van der Waals surface area contributed by atoms with Crippen LogP contribution in [0.4, 0.5) is 10.1 Å². The Bertz CT molecular complexity index is 2710. The lowest BCUT2D eigenvalue weighted by Crippen LogP contribution is -2.54. The van der Waals surface area contributed by atoms with Gasteiger partial charge < -0.3 is 24.9 Å². The number of aromatic nitrogens is 3. The predicted molar refractivity (Wildman–Crippen MR) is 217 cm³/mol. The maximum Gasteiger partial charge on any atom is 0.263 e. The van der Waals surface area contributed by atoms with Crippen molar-refractivity contribution < 1.29 is 47.8 Å². The van der Waals surface area contributed by atoms with Gasteiger partial charge in [-0.1, -0.05) is 17.9 Å². The van der Waals surface area contributed by atoms with Crippen LogP contribution in [0, 0.1) is 17.7 Å². The smallest absolute Gasteiger partial charge is 0.263 e. The molecule has 1 fully saturated rings. The Kier molecular flexibility index (Phi) is 12.2. The molecule has 4 N–H and O–H groups in total. The third-order valence-corrected chi connectivity index (χ3v) is 10.3. The first-order chi connectivity index (χ1) is 29.3. The van der Waals surface area contributed by atoms with Gasteiger partial charge in [0.05, 0.1) is 59.5 Å². The minimum atomic E-state index is -1.09. The van der Waals surface area contributed by atoms with Crippen LogP contribution < -0.4 is 20.7 Å². The number of halogens is 1. The summed E-state index contributed by atoms with van der Waals surface area (Å²) in [6.07, 6.45) is 6.79. The van der Waals surface area contributed by atoms with E-state index in [9.17, 15) is 38.7 Å². The van der Waals surface area contributed by atoms with Crippen molar-refractivity contribution in [2.45, 2.75) is 58.1 Å². The number of imide groups is 2. The van der Waals surface area contributed by atoms with Gasteiger partial charge in [-0.15, -0.1) is 0 Å². The summed E-state index contributed by atoms with van der Waals surface area (Å²) >= 11 is 0. The number of aryl methyl sites for hydroxylation is 1. The molecule has 312 valence electrons. The molecule has 0 spiro atoms. The van der Waals surface area contributed by atoms with Crippen molar-refractivity contribution >= 4 is 52.4 Å². The number of carbonyl (C=O) groups excluding carboxylic acids is 7. The number of aliphatic hydroxyl groups is 1. The zero-order chi connectivity index (χ0) is 43.4. The number of hydrogen-bond donors (Lipinski definition) is 4. The van der Waals surface area contributed by atoms with E-state index >= 15 is 4.39 Å². The number of fused-ring (bicyclic) bond motifs is 2. The zero-order valence-corrected chi connectivity index (χ0v) is 33.2. The van der Waals surface area contributed by atoms with Crippen LogP contribution in [0.5, 0.6) is 5.75 Å². The number of ether oxygens (including phenoxy) is 1. The fraction of sp³-hybridized carbons (Fsp3) is 0.273. The molecule has 3 aromatic heterocycles. The summed E-state index contributed by atoms with van der Waals surface area (Å²) in [5.74, 6) is 1.72. The number of benzene rings is 2. The van der Waals surface area contributed by atoms with Crippen LogP contribution in [0.2, 0.25) is 0 Å². The molecule has 61 heavy (non-hydrogen) atoms. The number of nitrogens with zero attached hydrogens (tertiary/aromatic N) is 4. The van der Waals surface area contributed by atoms with Crippen molar-refractivity contribution in [2.24, 2.45) is 7.05 Å². The van der Waals surface area contributed by atoms with Gasteiger partial charge in [-0.05, 0) is 67.6 Å². The quantitative estimate of drug-likeness (QED) is 0.0549. The van der Waals surface area contributed by atoms with Gasteiger partial charge in [-0.3, -0.25) is 48.5 Å². The Hall–Kier alpha value is -7.45. The van der Waals surface area contributed by atoms with Gasteiger partial charge in [0.2, 0.25) is 17.7 Å². The number of anilines is 1. The molecule has 0 bridgehead atoms. The molecular formula is C44H40FN7O9. The van der Waals surface area contributed by atoms with E-state index in [4.69, 9.17) is 4.74 Å².